The third-order valence-corrected chi connectivity index (χ3v) is 2.65. The van der Waals surface area contributed by atoms with Crippen molar-refractivity contribution >= 4 is 0 Å². The molecule has 1 nitrogen and oxygen atoms in total. The van der Waals surface area contributed by atoms with Crippen LogP contribution >= 0.6 is 0 Å². The van der Waals surface area contributed by atoms with Gasteiger partial charge in [-0.15, -0.1) is 0 Å². The molecule has 1 atom stereocenters. The van der Waals surface area contributed by atoms with Crippen molar-refractivity contribution in [2.45, 2.75) is 39.2 Å². The monoisotopic (exact) mass is 153 g/mol. The maximum absolute atomic E-state index is 3.50. The first-order valence-corrected chi connectivity index (χ1v) is 4.69. The van der Waals surface area contributed by atoms with Gasteiger partial charge in [0.05, 0.1) is 0 Å². The second-order valence-electron chi connectivity index (χ2n) is 3.46. The zero-order valence-corrected chi connectivity index (χ0v) is 7.64. The first-order valence-electron chi connectivity index (χ1n) is 4.69. The molecule has 11 heavy (non-hydrogen) atoms. The first kappa shape index (κ1) is 8.79. The molecule has 1 fully saturated rings. The van der Waals surface area contributed by atoms with Crippen LogP contribution in [0.2, 0.25) is 0 Å². The second-order valence-corrected chi connectivity index (χ2v) is 3.46. The molecule has 0 heterocycles. The summed E-state index contributed by atoms with van der Waals surface area (Å²) in [7, 11) is 0. The van der Waals surface area contributed by atoms with Crippen molar-refractivity contribution in [2.24, 2.45) is 5.92 Å². The van der Waals surface area contributed by atoms with E-state index in [1.54, 1.807) is 0 Å². The molecule has 0 bridgehead atoms. The van der Waals surface area contributed by atoms with E-state index < -0.39 is 0 Å². The molecule has 0 aliphatic heterocycles. The molecule has 0 saturated heterocycles. The molecule has 1 aliphatic rings. The van der Waals surface area contributed by atoms with Gasteiger partial charge in [0, 0.05) is 12.6 Å². The Morgan fingerprint density at radius 3 is 2.73 bits per heavy atom. The lowest BCUT2D eigenvalue weighted by atomic mass is 9.80. The van der Waals surface area contributed by atoms with E-state index in [0.29, 0.717) is 0 Å². The summed E-state index contributed by atoms with van der Waals surface area (Å²) in [4.78, 5) is 0. The molecular weight excluding hydrogens is 134 g/mol. The molecule has 0 aromatic carbocycles. The van der Waals surface area contributed by atoms with Gasteiger partial charge in [-0.2, -0.15) is 0 Å². The average molecular weight is 153 g/mol. The summed E-state index contributed by atoms with van der Waals surface area (Å²) in [5.74, 6) is 0.959. The van der Waals surface area contributed by atoms with Crippen LogP contribution in [0.25, 0.3) is 0 Å². The van der Waals surface area contributed by atoms with Gasteiger partial charge in [0.2, 0.25) is 0 Å². The molecule has 1 aliphatic carbocycles. The number of hydrogen-bond donors (Lipinski definition) is 1. The Bertz CT molecular complexity index is 125. The largest absolute Gasteiger partial charge is 0.311 e. The predicted molar refractivity (Wildman–Crippen MR) is 49.6 cm³/mol. The summed E-state index contributed by atoms with van der Waals surface area (Å²) >= 11 is 0. The van der Waals surface area contributed by atoms with E-state index in [2.05, 4.69) is 31.3 Å². The van der Waals surface area contributed by atoms with Crippen LogP contribution in [-0.2, 0) is 0 Å². The Balaban J connectivity index is 2.04. The Morgan fingerprint density at radius 1 is 1.55 bits per heavy atom. The van der Waals surface area contributed by atoms with E-state index in [1.807, 2.05) is 0 Å². The molecule has 0 radical (unpaired) electrons. The molecule has 1 unspecified atom stereocenters. The van der Waals surface area contributed by atoms with E-state index in [4.69, 9.17) is 0 Å². The van der Waals surface area contributed by atoms with Gasteiger partial charge in [-0.3, -0.25) is 0 Å². The molecule has 0 spiro atoms. The van der Waals surface area contributed by atoms with Crippen molar-refractivity contribution in [2.75, 3.05) is 6.54 Å². The number of nitrogens with one attached hydrogen (secondary N) is 1. The maximum Gasteiger partial charge on any atom is 0.0137 e. The lowest BCUT2D eigenvalue weighted by Gasteiger charge is -2.31. The van der Waals surface area contributed by atoms with Crippen molar-refractivity contribution in [1.82, 2.24) is 5.32 Å². The third-order valence-electron chi connectivity index (χ3n) is 2.65. The quantitative estimate of drug-likeness (QED) is 0.611. The van der Waals surface area contributed by atoms with Crippen LogP contribution in [0.4, 0.5) is 0 Å². The number of allylic oxidation sites excluding steroid dienone is 1. The fourth-order valence-corrected chi connectivity index (χ4v) is 1.48. The maximum atomic E-state index is 3.50. The topological polar surface area (TPSA) is 12.0 Å². The lowest BCUT2D eigenvalue weighted by molar-refractivity contribution is 0.245. The summed E-state index contributed by atoms with van der Waals surface area (Å²) in [6.07, 6.45) is 8.59. The summed E-state index contributed by atoms with van der Waals surface area (Å²) < 4.78 is 0. The third kappa shape index (κ3) is 2.66. The van der Waals surface area contributed by atoms with Crippen LogP contribution in [0.1, 0.15) is 33.1 Å². The smallest absolute Gasteiger partial charge is 0.0137 e. The molecule has 0 amide bonds. The molecule has 1 N–H and O–H groups in total. The Hall–Kier alpha value is -0.300. The van der Waals surface area contributed by atoms with Crippen LogP contribution in [-0.4, -0.2) is 12.6 Å². The van der Waals surface area contributed by atoms with Crippen molar-refractivity contribution < 1.29 is 0 Å². The van der Waals surface area contributed by atoms with Crippen molar-refractivity contribution in [3.63, 3.8) is 0 Å². The highest BCUT2D eigenvalue weighted by atomic mass is 14.9. The van der Waals surface area contributed by atoms with Gasteiger partial charge < -0.3 is 5.32 Å². The summed E-state index contributed by atoms with van der Waals surface area (Å²) in [5, 5.41) is 3.50. The molecule has 0 aromatic rings. The lowest BCUT2D eigenvalue weighted by Crippen LogP contribution is -2.36. The minimum Gasteiger partial charge on any atom is -0.311 e. The van der Waals surface area contributed by atoms with Gasteiger partial charge in [0.1, 0.15) is 0 Å². The van der Waals surface area contributed by atoms with Crippen molar-refractivity contribution in [3.8, 4) is 0 Å². The Kier molecular flexibility index (Phi) is 3.64. The van der Waals surface area contributed by atoms with Gasteiger partial charge in [0.15, 0.2) is 0 Å². The highest BCUT2D eigenvalue weighted by Crippen LogP contribution is 2.29. The number of rotatable bonds is 4. The molecule has 1 rings (SSSR count). The molecule has 1 heteroatoms. The minimum absolute atomic E-state index is 0.722. The van der Waals surface area contributed by atoms with E-state index in [0.717, 1.165) is 18.5 Å². The standard InChI is InChI=1S/C10H19N/c1-3-4-8-11-9(2)10-6-5-7-10/h3-4,9-11H,5-8H2,1-2H3/b4-3+. The Labute approximate surface area is 69.9 Å². The first-order chi connectivity index (χ1) is 5.34. The predicted octanol–water partition coefficient (Wildman–Crippen LogP) is 2.34. The van der Waals surface area contributed by atoms with Crippen molar-refractivity contribution in [1.29, 1.82) is 0 Å². The van der Waals surface area contributed by atoms with E-state index in [1.165, 1.54) is 19.3 Å². The number of hydrogen-bond acceptors (Lipinski definition) is 1. The molecular formula is C10H19N. The SMILES string of the molecule is C/C=C/CNC(C)C1CCC1. The van der Waals surface area contributed by atoms with Gasteiger partial charge in [-0.05, 0) is 32.6 Å². The van der Waals surface area contributed by atoms with E-state index >= 15 is 0 Å². The van der Waals surface area contributed by atoms with Crippen LogP contribution in [0.5, 0.6) is 0 Å². The van der Waals surface area contributed by atoms with Gasteiger partial charge in [0.25, 0.3) is 0 Å². The molecule has 0 aromatic heterocycles. The van der Waals surface area contributed by atoms with Gasteiger partial charge in [-0.25, -0.2) is 0 Å². The fraction of sp³-hybridized carbons (Fsp3) is 0.800. The zero-order chi connectivity index (χ0) is 8.10. The van der Waals surface area contributed by atoms with Crippen LogP contribution in [0.3, 0.4) is 0 Å². The van der Waals surface area contributed by atoms with E-state index in [-0.39, 0.29) is 0 Å². The highest BCUT2D eigenvalue weighted by molar-refractivity contribution is 4.84. The summed E-state index contributed by atoms with van der Waals surface area (Å²) in [5.41, 5.74) is 0. The van der Waals surface area contributed by atoms with Crippen LogP contribution < -0.4 is 5.32 Å². The van der Waals surface area contributed by atoms with Crippen LogP contribution in [0.15, 0.2) is 12.2 Å². The molecule has 1 saturated carbocycles. The highest BCUT2D eigenvalue weighted by Gasteiger charge is 2.22. The molecule has 64 valence electrons. The summed E-state index contributed by atoms with van der Waals surface area (Å²) in [6.45, 7) is 5.40. The zero-order valence-electron chi connectivity index (χ0n) is 7.64. The van der Waals surface area contributed by atoms with Gasteiger partial charge >= 0.3 is 0 Å². The van der Waals surface area contributed by atoms with Crippen molar-refractivity contribution in [3.05, 3.63) is 12.2 Å². The normalized spacial score (nSPS) is 22.0. The fourth-order valence-electron chi connectivity index (χ4n) is 1.48. The van der Waals surface area contributed by atoms with Crippen LogP contribution in [0, 0.1) is 5.92 Å². The Morgan fingerprint density at radius 2 is 2.27 bits per heavy atom. The minimum atomic E-state index is 0.722. The summed E-state index contributed by atoms with van der Waals surface area (Å²) in [6, 6.07) is 0.722. The van der Waals surface area contributed by atoms with Gasteiger partial charge in [-0.1, -0.05) is 18.6 Å². The second kappa shape index (κ2) is 4.55. The average Bonchev–Trinajstić information content (AvgIpc) is 1.84. The van der Waals surface area contributed by atoms with E-state index in [9.17, 15) is 0 Å².